The van der Waals surface area contributed by atoms with E-state index in [9.17, 15) is 9.59 Å². The van der Waals surface area contributed by atoms with Gasteiger partial charge in [-0.15, -0.1) is 0 Å². The zero-order valence-corrected chi connectivity index (χ0v) is 12.6. The Labute approximate surface area is 125 Å². The van der Waals surface area contributed by atoms with Gasteiger partial charge in [-0.25, -0.2) is 0 Å². The number of hydrogen-bond donors (Lipinski definition) is 1. The van der Waals surface area contributed by atoms with Crippen LogP contribution in [-0.2, 0) is 20.9 Å². The second kappa shape index (κ2) is 9.13. The summed E-state index contributed by atoms with van der Waals surface area (Å²) in [5.74, 6) is -1.08. The molecular weight excluding hydrogens is 270 g/mol. The summed E-state index contributed by atoms with van der Waals surface area (Å²) >= 11 is 0. The summed E-state index contributed by atoms with van der Waals surface area (Å²) < 4.78 is 5.04. The lowest BCUT2D eigenvalue weighted by Gasteiger charge is -2.24. The number of carboxylic acids is 1. The van der Waals surface area contributed by atoms with E-state index in [0.29, 0.717) is 19.7 Å². The predicted molar refractivity (Wildman–Crippen MR) is 79.8 cm³/mol. The number of carbonyl (C=O) groups excluding carboxylic acids is 1. The Morgan fingerprint density at radius 2 is 1.90 bits per heavy atom. The molecule has 5 heteroatoms. The van der Waals surface area contributed by atoms with Gasteiger partial charge >= 0.3 is 5.97 Å². The Kier molecular flexibility index (Phi) is 7.46. The third kappa shape index (κ3) is 6.90. The molecule has 0 radical (unpaired) electrons. The molecule has 0 fully saturated rings. The van der Waals surface area contributed by atoms with Gasteiger partial charge in [0.05, 0.1) is 6.61 Å². The van der Waals surface area contributed by atoms with E-state index < -0.39 is 5.97 Å². The number of carbonyl (C=O) groups is 2. The van der Waals surface area contributed by atoms with Gasteiger partial charge in [0.2, 0.25) is 5.91 Å². The highest BCUT2D eigenvalue weighted by atomic mass is 16.5. The lowest BCUT2D eigenvalue weighted by molar-refractivity contribution is -0.138. The van der Waals surface area contributed by atoms with Crippen LogP contribution in [0.5, 0.6) is 0 Å². The number of amides is 1. The summed E-state index contributed by atoms with van der Waals surface area (Å²) in [6, 6.07) is 9.73. The molecule has 21 heavy (non-hydrogen) atoms. The Bertz CT molecular complexity index is 447. The number of aliphatic carboxylic acids is 1. The second-order valence-electron chi connectivity index (χ2n) is 5.20. The first-order valence-electron chi connectivity index (χ1n) is 7.05. The maximum atomic E-state index is 12.3. The second-order valence-corrected chi connectivity index (χ2v) is 5.20. The Balaban J connectivity index is 2.63. The molecule has 0 aliphatic carbocycles. The summed E-state index contributed by atoms with van der Waals surface area (Å²) in [5, 5.41) is 8.77. The van der Waals surface area contributed by atoms with Crippen molar-refractivity contribution in [3.63, 3.8) is 0 Å². The molecule has 1 N–H and O–H groups in total. The highest BCUT2D eigenvalue weighted by Gasteiger charge is 2.18. The van der Waals surface area contributed by atoms with Crippen LogP contribution >= 0.6 is 0 Å². The van der Waals surface area contributed by atoms with Gasteiger partial charge in [-0.2, -0.15) is 0 Å². The van der Waals surface area contributed by atoms with Crippen molar-refractivity contribution in [3.8, 4) is 0 Å². The van der Waals surface area contributed by atoms with Gasteiger partial charge in [-0.1, -0.05) is 37.3 Å². The van der Waals surface area contributed by atoms with E-state index in [1.54, 1.807) is 18.9 Å². The molecule has 1 amide bonds. The highest BCUT2D eigenvalue weighted by Crippen LogP contribution is 2.12. The van der Waals surface area contributed by atoms with Crippen molar-refractivity contribution < 1.29 is 19.4 Å². The smallest absolute Gasteiger partial charge is 0.303 e. The van der Waals surface area contributed by atoms with E-state index in [1.807, 2.05) is 30.3 Å². The molecule has 1 aromatic rings. The lowest BCUT2D eigenvalue weighted by atomic mass is 10.0. The fraction of sp³-hybridized carbons (Fsp3) is 0.500. The maximum Gasteiger partial charge on any atom is 0.303 e. The van der Waals surface area contributed by atoms with Crippen molar-refractivity contribution >= 4 is 11.9 Å². The molecule has 1 rings (SSSR count). The van der Waals surface area contributed by atoms with Crippen molar-refractivity contribution in [1.82, 2.24) is 4.90 Å². The lowest BCUT2D eigenvalue weighted by Crippen LogP contribution is -2.34. The topological polar surface area (TPSA) is 66.8 Å². The third-order valence-corrected chi connectivity index (χ3v) is 3.18. The van der Waals surface area contributed by atoms with Gasteiger partial charge in [0, 0.05) is 33.0 Å². The summed E-state index contributed by atoms with van der Waals surface area (Å²) in [4.78, 5) is 24.7. The largest absolute Gasteiger partial charge is 0.481 e. The average Bonchev–Trinajstić information content (AvgIpc) is 2.43. The minimum absolute atomic E-state index is 0.00912. The Hall–Kier alpha value is -1.88. The molecule has 1 aromatic carbocycles. The summed E-state index contributed by atoms with van der Waals surface area (Å²) in [6.45, 7) is 3.27. The first-order valence-corrected chi connectivity index (χ1v) is 7.05. The first kappa shape index (κ1) is 17.2. The zero-order valence-electron chi connectivity index (χ0n) is 12.6. The van der Waals surface area contributed by atoms with Crippen LogP contribution in [0, 0.1) is 5.92 Å². The molecular formula is C16H23NO4. The number of methoxy groups -OCH3 is 1. The van der Waals surface area contributed by atoms with Gasteiger partial charge < -0.3 is 14.7 Å². The van der Waals surface area contributed by atoms with Crippen molar-refractivity contribution in [2.75, 3.05) is 20.3 Å². The van der Waals surface area contributed by atoms with Crippen LogP contribution in [-0.4, -0.2) is 42.1 Å². The normalized spacial score (nSPS) is 11.9. The summed E-state index contributed by atoms with van der Waals surface area (Å²) in [5.41, 5.74) is 1.05. The molecule has 0 bridgehead atoms. The molecule has 0 aromatic heterocycles. The molecule has 0 aliphatic rings. The summed E-state index contributed by atoms with van der Waals surface area (Å²) in [7, 11) is 1.60. The van der Waals surface area contributed by atoms with Crippen LogP contribution in [0.25, 0.3) is 0 Å². The van der Waals surface area contributed by atoms with E-state index >= 15 is 0 Å². The van der Waals surface area contributed by atoms with E-state index in [4.69, 9.17) is 9.84 Å². The fourth-order valence-corrected chi connectivity index (χ4v) is 2.09. The van der Waals surface area contributed by atoms with Gasteiger partial charge in [-0.05, 0) is 11.5 Å². The third-order valence-electron chi connectivity index (χ3n) is 3.18. The average molecular weight is 293 g/mol. The SMILES string of the molecule is COCCN(Cc1ccccc1)C(=O)CC(C)CC(=O)O. The minimum atomic E-state index is -0.873. The summed E-state index contributed by atoms with van der Waals surface area (Å²) in [6.07, 6.45) is 0.248. The van der Waals surface area contributed by atoms with E-state index in [2.05, 4.69) is 0 Å². The molecule has 116 valence electrons. The van der Waals surface area contributed by atoms with Crippen molar-refractivity contribution in [2.45, 2.75) is 26.3 Å². The molecule has 0 saturated carbocycles. The number of hydrogen-bond acceptors (Lipinski definition) is 3. The van der Waals surface area contributed by atoms with Crippen LogP contribution in [0.1, 0.15) is 25.3 Å². The Morgan fingerprint density at radius 1 is 1.24 bits per heavy atom. The van der Waals surface area contributed by atoms with Crippen molar-refractivity contribution in [2.24, 2.45) is 5.92 Å². The van der Waals surface area contributed by atoms with E-state index in [0.717, 1.165) is 5.56 Å². The van der Waals surface area contributed by atoms with E-state index in [-0.39, 0.29) is 24.7 Å². The Morgan fingerprint density at radius 3 is 2.48 bits per heavy atom. The van der Waals surface area contributed by atoms with Gasteiger partial charge in [0.25, 0.3) is 0 Å². The van der Waals surface area contributed by atoms with Gasteiger partial charge in [0.1, 0.15) is 0 Å². The molecule has 0 saturated heterocycles. The molecule has 0 heterocycles. The monoisotopic (exact) mass is 293 g/mol. The number of benzene rings is 1. The van der Waals surface area contributed by atoms with Gasteiger partial charge in [0.15, 0.2) is 0 Å². The van der Waals surface area contributed by atoms with Crippen LogP contribution in [0.15, 0.2) is 30.3 Å². The van der Waals surface area contributed by atoms with Gasteiger partial charge in [-0.3, -0.25) is 9.59 Å². The van der Waals surface area contributed by atoms with Crippen molar-refractivity contribution in [1.29, 1.82) is 0 Å². The van der Waals surface area contributed by atoms with Crippen LogP contribution in [0.2, 0.25) is 0 Å². The van der Waals surface area contributed by atoms with Crippen LogP contribution < -0.4 is 0 Å². The molecule has 1 atom stereocenters. The maximum absolute atomic E-state index is 12.3. The minimum Gasteiger partial charge on any atom is -0.481 e. The number of ether oxygens (including phenoxy) is 1. The zero-order chi connectivity index (χ0) is 15.7. The fourth-order valence-electron chi connectivity index (χ4n) is 2.09. The molecule has 5 nitrogen and oxygen atoms in total. The van der Waals surface area contributed by atoms with Crippen molar-refractivity contribution in [3.05, 3.63) is 35.9 Å². The molecule has 1 unspecified atom stereocenters. The number of carboxylic acid groups (broad SMARTS) is 1. The standard InChI is InChI=1S/C16H23NO4/c1-13(11-16(19)20)10-15(18)17(8-9-21-2)12-14-6-4-3-5-7-14/h3-7,13H,8-12H2,1-2H3,(H,19,20). The number of nitrogens with zero attached hydrogens (tertiary/aromatic N) is 1. The van der Waals surface area contributed by atoms with Crippen LogP contribution in [0.3, 0.4) is 0 Å². The van der Waals surface area contributed by atoms with E-state index in [1.165, 1.54) is 0 Å². The number of rotatable bonds is 9. The predicted octanol–water partition coefficient (Wildman–Crippen LogP) is 2.16. The van der Waals surface area contributed by atoms with Crippen LogP contribution in [0.4, 0.5) is 0 Å². The molecule has 0 spiro atoms. The quantitative estimate of drug-likeness (QED) is 0.757. The molecule has 0 aliphatic heterocycles. The highest BCUT2D eigenvalue weighted by molar-refractivity contribution is 5.77. The first-order chi connectivity index (χ1) is 10.0.